The fraction of sp³-hybridized carbons (Fsp3) is 0.425. The molecule has 0 bridgehead atoms. The predicted molar refractivity (Wildman–Crippen MR) is 204 cm³/mol. The molecule has 1 saturated heterocycles. The van der Waals surface area contributed by atoms with Crippen molar-refractivity contribution in [1.82, 2.24) is 30.8 Å². The summed E-state index contributed by atoms with van der Waals surface area (Å²) in [5.41, 5.74) is 0.923. The number of hydrogen-bond donors (Lipinski definition) is 4. The molecule has 53 heavy (non-hydrogen) atoms. The number of carbonyl (C=O) groups excluding carboxylic acids is 3. The molecule has 0 radical (unpaired) electrons. The number of nitrogens with one attached hydrogen (secondary N) is 3. The molecule has 12 nitrogen and oxygen atoms in total. The van der Waals surface area contributed by atoms with Crippen molar-refractivity contribution >= 4 is 38.5 Å². The van der Waals surface area contributed by atoms with Crippen LogP contribution in [0.2, 0.25) is 0 Å². The lowest BCUT2D eigenvalue weighted by molar-refractivity contribution is -0.141. The van der Waals surface area contributed by atoms with Crippen LogP contribution in [0.5, 0.6) is 0 Å². The minimum atomic E-state index is -3.71. The summed E-state index contributed by atoms with van der Waals surface area (Å²) >= 11 is 0. The molecular formula is C40H50N6O6S. The number of sulfone groups is 1. The molecular weight excluding hydrogens is 693 g/mol. The van der Waals surface area contributed by atoms with E-state index in [1.54, 1.807) is 17.0 Å². The molecule has 1 fully saturated rings. The van der Waals surface area contributed by atoms with Crippen molar-refractivity contribution in [2.45, 2.75) is 93.8 Å². The Bertz CT molecular complexity index is 1990. The molecule has 4 N–H and O–H groups in total. The van der Waals surface area contributed by atoms with Crippen LogP contribution in [0.15, 0.2) is 96.2 Å². The second kappa shape index (κ2) is 17.0. The maximum atomic E-state index is 14.2. The third kappa shape index (κ3) is 9.83. The summed E-state index contributed by atoms with van der Waals surface area (Å²) in [5.74, 6) is -1.64. The summed E-state index contributed by atoms with van der Waals surface area (Å²) in [6.07, 6.45) is 2.30. The van der Waals surface area contributed by atoms with Crippen molar-refractivity contribution < 1.29 is 27.9 Å². The first-order valence-electron chi connectivity index (χ1n) is 18.0. The highest BCUT2D eigenvalue weighted by atomic mass is 32.2. The van der Waals surface area contributed by atoms with Crippen LogP contribution in [-0.4, -0.2) is 94.2 Å². The molecule has 4 aromatic rings. The molecule has 282 valence electrons. The topological polar surface area (TPSA) is 171 Å². The second-order valence-electron chi connectivity index (χ2n) is 15.0. The van der Waals surface area contributed by atoms with Crippen molar-refractivity contribution in [3.63, 3.8) is 0 Å². The Morgan fingerprint density at radius 2 is 1.62 bits per heavy atom. The number of aliphatic hydroxyl groups is 1. The van der Waals surface area contributed by atoms with Gasteiger partial charge < -0.3 is 26.0 Å². The van der Waals surface area contributed by atoms with Crippen molar-refractivity contribution in [1.29, 1.82) is 0 Å². The number of piperidine rings is 1. The van der Waals surface area contributed by atoms with E-state index in [1.165, 1.54) is 24.5 Å². The van der Waals surface area contributed by atoms with Gasteiger partial charge in [0, 0.05) is 29.9 Å². The standard InChI is InChI=1S/C40H50N6O6S/c1-26(2)36(45-37(48)32-16-15-28-13-9-10-14-31(28)43-32)38(49)44-33(23-27-11-7-6-8-12-27)35(47)25-46(40(3,4)5)39(50)34-24-30(19-22-42-34)53(51,52)29-17-20-41-21-18-29/h6-18,20-21,26,30,33-36,42,47H,19,22-25H2,1-5H3,(H,44,49)(H,45,48)/t30-,33+,34?,35-,36+/m1/s1. The highest BCUT2D eigenvalue weighted by molar-refractivity contribution is 7.92. The number of aliphatic hydroxyl groups excluding tert-OH is 1. The molecule has 2 aromatic heterocycles. The molecule has 0 spiro atoms. The van der Waals surface area contributed by atoms with E-state index in [1.807, 2.05) is 89.2 Å². The molecule has 2 aromatic carbocycles. The van der Waals surface area contributed by atoms with Crippen molar-refractivity contribution in [2.24, 2.45) is 5.92 Å². The maximum Gasteiger partial charge on any atom is 0.270 e. The number of rotatable bonds is 13. The minimum absolute atomic E-state index is 0.0676. The zero-order valence-corrected chi connectivity index (χ0v) is 31.7. The number of benzene rings is 2. The van der Waals surface area contributed by atoms with Gasteiger partial charge in [-0.05, 0) is 82.3 Å². The molecule has 0 saturated carbocycles. The fourth-order valence-electron chi connectivity index (χ4n) is 6.64. The first-order valence-corrected chi connectivity index (χ1v) is 19.6. The Morgan fingerprint density at radius 3 is 2.30 bits per heavy atom. The zero-order valence-electron chi connectivity index (χ0n) is 30.9. The minimum Gasteiger partial charge on any atom is -0.389 e. The third-order valence-electron chi connectivity index (χ3n) is 9.67. The lowest BCUT2D eigenvalue weighted by atomic mass is 9.95. The van der Waals surface area contributed by atoms with Crippen LogP contribution in [0.4, 0.5) is 0 Å². The van der Waals surface area contributed by atoms with Crippen LogP contribution in [0.1, 0.15) is 63.5 Å². The molecule has 5 atom stereocenters. The first kappa shape index (κ1) is 39.5. The number of nitrogens with zero attached hydrogens (tertiary/aromatic N) is 3. The Kier molecular flexibility index (Phi) is 12.6. The van der Waals surface area contributed by atoms with Gasteiger partial charge in [-0.2, -0.15) is 0 Å². The highest BCUT2D eigenvalue weighted by Crippen LogP contribution is 2.27. The summed E-state index contributed by atoms with van der Waals surface area (Å²) in [6.45, 7) is 9.38. The van der Waals surface area contributed by atoms with Crippen LogP contribution >= 0.6 is 0 Å². The predicted octanol–water partition coefficient (Wildman–Crippen LogP) is 3.69. The highest BCUT2D eigenvalue weighted by Gasteiger charge is 2.41. The number of para-hydroxylation sites is 1. The van der Waals surface area contributed by atoms with E-state index in [2.05, 4.69) is 25.9 Å². The van der Waals surface area contributed by atoms with E-state index >= 15 is 0 Å². The number of pyridine rings is 2. The smallest absolute Gasteiger partial charge is 0.270 e. The van der Waals surface area contributed by atoms with Crippen LogP contribution in [-0.2, 0) is 25.8 Å². The SMILES string of the molecule is CC(C)[C@H](NC(=O)c1ccc2ccccc2n1)C(=O)N[C@@H](Cc1ccccc1)[C@H](O)CN(C(=O)C1C[C@H](S(=O)(=O)c2ccncc2)CCN1)C(C)(C)C. The Hall–Kier alpha value is -4.72. The monoisotopic (exact) mass is 742 g/mol. The maximum absolute atomic E-state index is 14.2. The van der Waals surface area contributed by atoms with Crippen molar-refractivity contribution in [3.05, 3.63) is 103 Å². The van der Waals surface area contributed by atoms with Gasteiger partial charge in [-0.3, -0.25) is 19.4 Å². The summed E-state index contributed by atoms with van der Waals surface area (Å²) in [7, 11) is -3.71. The molecule has 3 amide bonds. The summed E-state index contributed by atoms with van der Waals surface area (Å²) in [4.78, 5) is 51.7. The van der Waals surface area contributed by atoms with Gasteiger partial charge >= 0.3 is 0 Å². The molecule has 1 unspecified atom stereocenters. The number of hydrogen-bond acceptors (Lipinski definition) is 9. The van der Waals surface area contributed by atoms with Gasteiger partial charge in [0.05, 0.1) is 33.8 Å². The number of aromatic nitrogens is 2. The largest absolute Gasteiger partial charge is 0.389 e. The molecule has 3 heterocycles. The average Bonchev–Trinajstić information content (AvgIpc) is 3.15. The first-order chi connectivity index (χ1) is 25.1. The molecule has 1 aliphatic heterocycles. The van der Waals surface area contributed by atoms with E-state index in [4.69, 9.17) is 0 Å². The molecule has 0 aliphatic carbocycles. The van der Waals surface area contributed by atoms with Crippen LogP contribution in [0, 0.1) is 5.92 Å². The van der Waals surface area contributed by atoms with Gasteiger partial charge in [-0.15, -0.1) is 0 Å². The molecule has 13 heteroatoms. The van der Waals surface area contributed by atoms with Gasteiger partial charge in [-0.1, -0.05) is 68.4 Å². The van der Waals surface area contributed by atoms with Gasteiger partial charge in [-0.25, -0.2) is 13.4 Å². The third-order valence-corrected chi connectivity index (χ3v) is 11.9. The number of fused-ring (bicyclic) bond motifs is 1. The lowest BCUT2D eigenvalue weighted by Gasteiger charge is -2.42. The van der Waals surface area contributed by atoms with E-state index in [0.29, 0.717) is 18.5 Å². The van der Waals surface area contributed by atoms with Crippen LogP contribution in [0.25, 0.3) is 10.9 Å². The summed E-state index contributed by atoms with van der Waals surface area (Å²) < 4.78 is 27.0. The second-order valence-corrected chi connectivity index (χ2v) is 17.2. The quantitative estimate of drug-likeness (QED) is 0.160. The normalized spacial score (nSPS) is 18.2. The number of amides is 3. The average molecular weight is 743 g/mol. The zero-order chi connectivity index (χ0) is 38.3. The fourth-order valence-corrected chi connectivity index (χ4v) is 8.40. The van der Waals surface area contributed by atoms with Gasteiger partial charge in [0.1, 0.15) is 11.7 Å². The van der Waals surface area contributed by atoms with E-state index in [0.717, 1.165) is 10.9 Å². The van der Waals surface area contributed by atoms with Crippen LogP contribution < -0.4 is 16.0 Å². The van der Waals surface area contributed by atoms with Gasteiger partial charge in [0.2, 0.25) is 11.8 Å². The van der Waals surface area contributed by atoms with E-state index < -0.39 is 56.7 Å². The Balaban J connectivity index is 1.34. The Labute approximate surface area is 311 Å². The summed E-state index contributed by atoms with van der Waals surface area (Å²) in [5, 5.41) is 21.0. The summed E-state index contributed by atoms with van der Waals surface area (Å²) in [6, 6.07) is 20.6. The van der Waals surface area contributed by atoms with Crippen LogP contribution in [0.3, 0.4) is 0 Å². The Morgan fingerprint density at radius 1 is 0.943 bits per heavy atom. The van der Waals surface area contributed by atoms with Gasteiger partial charge in [0.25, 0.3) is 5.91 Å². The number of carbonyl (C=O) groups is 3. The van der Waals surface area contributed by atoms with Gasteiger partial charge in [0.15, 0.2) is 9.84 Å². The van der Waals surface area contributed by atoms with Crippen molar-refractivity contribution in [2.75, 3.05) is 13.1 Å². The van der Waals surface area contributed by atoms with E-state index in [9.17, 15) is 27.9 Å². The van der Waals surface area contributed by atoms with Crippen molar-refractivity contribution in [3.8, 4) is 0 Å². The molecule has 5 rings (SSSR count). The molecule has 1 aliphatic rings. The lowest BCUT2D eigenvalue weighted by Crippen LogP contribution is -2.61. The number of β-amino-alcohol motifs (C(OH)–C–C–N with tert-alkyl or cyclic N) is 1. The van der Waals surface area contributed by atoms with E-state index in [-0.39, 0.29) is 41.8 Å².